The van der Waals surface area contributed by atoms with Gasteiger partial charge in [0, 0.05) is 12.2 Å². The van der Waals surface area contributed by atoms with Gasteiger partial charge in [0.1, 0.15) is 38.1 Å². The van der Waals surface area contributed by atoms with Gasteiger partial charge in [0.25, 0.3) is 5.70 Å². The van der Waals surface area contributed by atoms with Gasteiger partial charge in [-0.25, -0.2) is 19.2 Å². The average Bonchev–Trinajstić information content (AvgIpc) is 2.93. The maximum Gasteiger partial charge on any atom is 0.348 e. The second kappa shape index (κ2) is 16.5. The molecule has 0 bridgehead atoms. The molecule has 2 unspecified atom stereocenters. The molecular formula is C26H32N2O9. The first-order valence-electron chi connectivity index (χ1n) is 11.1. The number of nitrogens with zero attached hydrogens (tertiary/aromatic N) is 2. The van der Waals surface area contributed by atoms with Crippen molar-refractivity contribution >= 4 is 23.9 Å². The minimum Gasteiger partial charge on any atom is -0.470 e. The number of ether oxygens (including phenoxy) is 5. The van der Waals surface area contributed by atoms with Crippen LogP contribution >= 0.6 is 0 Å². The summed E-state index contributed by atoms with van der Waals surface area (Å²) in [5.74, 6) is -3.25. The van der Waals surface area contributed by atoms with E-state index >= 15 is 0 Å². The Morgan fingerprint density at radius 1 is 0.811 bits per heavy atom. The van der Waals surface area contributed by atoms with E-state index in [1.165, 1.54) is 0 Å². The molecule has 200 valence electrons. The van der Waals surface area contributed by atoms with Gasteiger partial charge >= 0.3 is 23.9 Å². The summed E-state index contributed by atoms with van der Waals surface area (Å²) in [6.45, 7) is 22.6. The highest BCUT2D eigenvalue weighted by Crippen LogP contribution is 2.29. The Hall–Kier alpha value is -4.22. The number of carbonyl (C=O) groups is 4. The van der Waals surface area contributed by atoms with Crippen molar-refractivity contribution in [1.82, 2.24) is 0 Å². The molecule has 11 nitrogen and oxygen atoms in total. The average molecular weight is 517 g/mol. The maximum absolute atomic E-state index is 12.0. The van der Waals surface area contributed by atoms with E-state index in [0.29, 0.717) is 12.8 Å². The Morgan fingerprint density at radius 3 is 1.57 bits per heavy atom. The first-order chi connectivity index (χ1) is 17.5. The predicted molar refractivity (Wildman–Crippen MR) is 131 cm³/mol. The minimum absolute atomic E-state index is 0.0955. The van der Waals surface area contributed by atoms with Crippen LogP contribution in [0.3, 0.4) is 0 Å². The van der Waals surface area contributed by atoms with Gasteiger partial charge in [-0.05, 0) is 12.8 Å². The highest BCUT2D eigenvalue weighted by atomic mass is 16.6. The summed E-state index contributed by atoms with van der Waals surface area (Å²) in [5.41, 5.74) is -2.84. The Labute approximate surface area is 216 Å². The van der Waals surface area contributed by atoms with Gasteiger partial charge in [-0.2, -0.15) is 5.26 Å². The van der Waals surface area contributed by atoms with Crippen LogP contribution in [0.15, 0.2) is 49.7 Å². The molecule has 0 amide bonds. The van der Waals surface area contributed by atoms with E-state index in [4.69, 9.17) is 35.5 Å². The second-order valence-corrected chi connectivity index (χ2v) is 8.12. The first kappa shape index (κ1) is 32.8. The number of hydrogen-bond acceptors (Lipinski definition) is 10. The minimum atomic E-state index is -1.02. The van der Waals surface area contributed by atoms with Gasteiger partial charge in [0.15, 0.2) is 0 Å². The summed E-state index contributed by atoms with van der Waals surface area (Å²) in [6.07, 6.45) is 2.62. The number of carbonyl (C=O) groups excluding carboxylic acids is 4. The maximum atomic E-state index is 12.0. The van der Waals surface area contributed by atoms with E-state index in [1.807, 2.05) is 0 Å². The quantitative estimate of drug-likeness (QED) is 0.0877. The molecule has 0 aliphatic carbocycles. The molecule has 0 aromatic heterocycles. The normalized spacial score (nSPS) is 13.2. The second-order valence-electron chi connectivity index (χ2n) is 8.12. The van der Waals surface area contributed by atoms with Gasteiger partial charge in [-0.1, -0.05) is 40.2 Å². The van der Waals surface area contributed by atoms with Crippen molar-refractivity contribution in [2.24, 2.45) is 10.8 Å². The summed E-state index contributed by atoms with van der Waals surface area (Å²) >= 11 is 0. The lowest BCUT2D eigenvalue weighted by atomic mass is 9.86. The smallest absolute Gasteiger partial charge is 0.348 e. The van der Waals surface area contributed by atoms with E-state index in [-0.39, 0.29) is 39.6 Å². The van der Waals surface area contributed by atoms with E-state index in [1.54, 1.807) is 19.9 Å². The lowest BCUT2D eigenvalue weighted by Gasteiger charge is -2.35. The molecular weight excluding hydrogens is 484 g/mol. The zero-order chi connectivity index (χ0) is 28.5. The van der Waals surface area contributed by atoms with Crippen molar-refractivity contribution in [3.05, 3.63) is 61.2 Å². The molecule has 0 saturated carbocycles. The zero-order valence-corrected chi connectivity index (χ0v) is 21.2. The molecule has 0 rings (SSSR count). The molecule has 0 N–H and O–H groups in total. The molecule has 0 aliphatic heterocycles. The van der Waals surface area contributed by atoms with Gasteiger partial charge in [-0.3, -0.25) is 4.79 Å². The molecule has 0 heterocycles. The third-order valence-corrected chi connectivity index (χ3v) is 5.46. The van der Waals surface area contributed by atoms with Crippen molar-refractivity contribution in [1.29, 1.82) is 5.26 Å². The van der Waals surface area contributed by atoms with Gasteiger partial charge in [0.05, 0.1) is 30.6 Å². The van der Waals surface area contributed by atoms with Crippen molar-refractivity contribution in [3.8, 4) is 6.07 Å². The van der Waals surface area contributed by atoms with Crippen LogP contribution in [0, 0.1) is 28.7 Å². The standard InChI is InChI=1S/C26H32N2O9/c1-8-21(29)34-15-25(10-3,17-36-23(31)19(5)12-27)13-33-14-26(11-4,16-35-22(30)9-2)18-37-24(32)20(6)28-7/h8-9H,1-2,5-6,10-11,13-18H2,3-4H3. The third-order valence-electron chi connectivity index (χ3n) is 5.46. The summed E-state index contributed by atoms with van der Waals surface area (Å²) in [5, 5.41) is 8.85. The van der Waals surface area contributed by atoms with Gasteiger partial charge in [-0.15, -0.1) is 0 Å². The molecule has 11 heteroatoms. The van der Waals surface area contributed by atoms with Crippen molar-refractivity contribution < 1.29 is 42.9 Å². The topological polar surface area (TPSA) is 143 Å². The first-order valence-corrected chi connectivity index (χ1v) is 11.1. The van der Waals surface area contributed by atoms with Crippen LogP contribution < -0.4 is 0 Å². The highest BCUT2D eigenvalue weighted by Gasteiger charge is 2.37. The number of nitriles is 1. The monoisotopic (exact) mass is 516 g/mol. The molecule has 0 aliphatic rings. The SMILES string of the molecule is [C-]#[N+]C(=C)C(=O)OCC(CC)(COCC(CC)(COC(=O)C=C)COC(=O)C(=C)C#N)COC(=O)C=C. The zero-order valence-electron chi connectivity index (χ0n) is 21.2. The fourth-order valence-corrected chi connectivity index (χ4v) is 2.61. The van der Waals surface area contributed by atoms with Crippen molar-refractivity contribution in [2.75, 3.05) is 39.6 Å². The fourth-order valence-electron chi connectivity index (χ4n) is 2.61. The largest absolute Gasteiger partial charge is 0.470 e. The number of esters is 4. The Morgan fingerprint density at radius 2 is 1.22 bits per heavy atom. The molecule has 0 fully saturated rings. The molecule has 0 spiro atoms. The third kappa shape index (κ3) is 11.4. The summed E-state index contributed by atoms with van der Waals surface area (Å²) < 4.78 is 26.7. The molecule has 0 aromatic rings. The van der Waals surface area contributed by atoms with E-state index < -0.39 is 46.0 Å². The molecule has 0 aromatic carbocycles. The highest BCUT2D eigenvalue weighted by molar-refractivity contribution is 5.92. The van der Waals surface area contributed by atoms with Crippen LogP contribution in [0.5, 0.6) is 0 Å². The molecule has 37 heavy (non-hydrogen) atoms. The van der Waals surface area contributed by atoms with Crippen molar-refractivity contribution in [2.45, 2.75) is 26.7 Å². The molecule has 2 atom stereocenters. The lowest BCUT2D eigenvalue weighted by Crippen LogP contribution is -2.42. The Balaban J connectivity index is 5.74. The number of hydrogen-bond donors (Lipinski definition) is 0. The van der Waals surface area contributed by atoms with Crippen LogP contribution in [0.4, 0.5) is 0 Å². The Kier molecular flexibility index (Phi) is 14.6. The lowest BCUT2D eigenvalue weighted by molar-refractivity contribution is -0.158. The molecule has 0 radical (unpaired) electrons. The van der Waals surface area contributed by atoms with Gasteiger partial charge < -0.3 is 23.7 Å². The van der Waals surface area contributed by atoms with Crippen LogP contribution in [0.1, 0.15) is 26.7 Å². The number of rotatable bonds is 18. The summed E-state index contributed by atoms with van der Waals surface area (Å²) in [4.78, 5) is 50.2. The van der Waals surface area contributed by atoms with Crippen molar-refractivity contribution in [3.63, 3.8) is 0 Å². The van der Waals surface area contributed by atoms with Crippen LogP contribution in [0.2, 0.25) is 0 Å². The summed E-state index contributed by atoms with van der Waals surface area (Å²) in [6, 6.07) is 1.60. The fraction of sp³-hybridized carbons (Fsp3) is 0.462. The Bertz CT molecular complexity index is 911. The predicted octanol–water partition coefficient (Wildman–Crippen LogP) is 2.85. The van der Waals surface area contributed by atoms with E-state index in [0.717, 1.165) is 12.2 Å². The van der Waals surface area contributed by atoms with Gasteiger partial charge in [0.2, 0.25) is 0 Å². The van der Waals surface area contributed by atoms with Crippen LogP contribution in [-0.2, 0) is 42.9 Å². The van der Waals surface area contributed by atoms with Crippen LogP contribution in [0.25, 0.3) is 4.85 Å². The van der Waals surface area contributed by atoms with E-state index in [9.17, 15) is 19.2 Å². The van der Waals surface area contributed by atoms with Crippen LogP contribution in [-0.4, -0.2) is 63.5 Å². The van der Waals surface area contributed by atoms with E-state index in [2.05, 4.69) is 31.2 Å². The summed E-state index contributed by atoms with van der Waals surface area (Å²) in [7, 11) is 0. The molecule has 0 saturated heterocycles.